The van der Waals surface area contributed by atoms with Crippen LogP contribution in [0.4, 0.5) is 0 Å². The van der Waals surface area contributed by atoms with Crippen LogP contribution in [0.15, 0.2) is 90.0 Å². The summed E-state index contributed by atoms with van der Waals surface area (Å²) in [6.07, 6.45) is 18.7. The quantitative estimate of drug-likeness (QED) is 0.515. The maximum absolute atomic E-state index is 5.10. The molecule has 0 spiro atoms. The van der Waals surface area contributed by atoms with Gasteiger partial charge < -0.3 is 4.90 Å². The summed E-state index contributed by atoms with van der Waals surface area (Å²) in [4.78, 5) is 7.56. The van der Waals surface area contributed by atoms with E-state index in [0.29, 0.717) is 23.8 Å². The zero-order valence-corrected chi connectivity index (χ0v) is 19.8. The van der Waals surface area contributed by atoms with Crippen molar-refractivity contribution in [2.24, 2.45) is 10.9 Å². The number of fused-ring (bicyclic) bond motifs is 5. The van der Waals surface area contributed by atoms with Crippen LogP contribution in [0.3, 0.4) is 0 Å². The number of hydrogen-bond acceptors (Lipinski definition) is 2. The van der Waals surface area contributed by atoms with Gasteiger partial charge in [-0.05, 0) is 62.4 Å². The van der Waals surface area contributed by atoms with Crippen LogP contribution in [0.5, 0.6) is 0 Å². The van der Waals surface area contributed by atoms with Gasteiger partial charge in [0.2, 0.25) is 0 Å². The van der Waals surface area contributed by atoms with Gasteiger partial charge in [0.1, 0.15) is 5.84 Å². The molecular weight excluding hydrogens is 424 g/mol. The van der Waals surface area contributed by atoms with Crippen LogP contribution in [0.1, 0.15) is 41.4 Å². The van der Waals surface area contributed by atoms with Crippen LogP contribution in [0.2, 0.25) is 0 Å². The van der Waals surface area contributed by atoms with Crippen molar-refractivity contribution >= 4 is 34.3 Å². The average molecular weight is 453 g/mol. The molecule has 0 bridgehead atoms. The topological polar surface area (TPSA) is 15.6 Å². The Morgan fingerprint density at radius 2 is 1.69 bits per heavy atom. The van der Waals surface area contributed by atoms with E-state index < -0.39 is 0 Å². The van der Waals surface area contributed by atoms with Crippen molar-refractivity contribution < 1.29 is 0 Å². The molecule has 8 rings (SSSR count). The Bertz CT molecular complexity index is 1590. The summed E-state index contributed by atoms with van der Waals surface area (Å²) in [5.41, 5.74) is 5.83. The summed E-state index contributed by atoms with van der Waals surface area (Å²) in [5.74, 6) is 2.52. The van der Waals surface area contributed by atoms with Crippen molar-refractivity contribution in [2.75, 3.05) is 13.1 Å². The number of hydrogen-bond donors (Lipinski definition) is 0. The van der Waals surface area contributed by atoms with E-state index in [-0.39, 0.29) is 0 Å². The predicted molar refractivity (Wildman–Crippen MR) is 146 cm³/mol. The van der Waals surface area contributed by atoms with Crippen LogP contribution >= 0.6 is 0 Å². The standard InChI is InChI=1S/C33H28N2/c1-2-8-22-19-30-28-15-14-25(26-11-6-12-27(33(26)28)29(30)18-21(22)7-1)23-9-5-10-24(17-23)31-20-35-16-4-3-13-32(35)34-31/h1-3,5-15,18-19,24,29-31H,4,16-17,20H2. The first-order valence-corrected chi connectivity index (χ1v) is 13.0. The summed E-state index contributed by atoms with van der Waals surface area (Å²) < 4.78 is 0. The van der Waals surface area contributed by atoms with Crippen molar-refractivity contribution in [1.82, 2.24) is 4.90 Å². The molecule has 3 aromatic rings. The fraction of sp³-hybridized carbons (Fsp3) is 0.242. The van der Waals surface area contributed by atoms with Gasteiger partial charge in [-0.1, -0.05) is 91.1 Å². The molecule has 0 saturated carbocycles. The third-order valence-corrected chi connectivity index (χ3v) is 8.74. The van der Waals surface area contributed by atoms with Crippen LogP contribution in [0.25, 0.3) is 28.5 Å². The normalized spacial score (nSPS) is 27.5. The Kier molecular flexibility index (Phi) is 4.16. The van der Waals surface area contributed by atoms with Gasteiger partial charge in [0, 0.05) is 30.8 Å². The smallest absolute Gasteiger partial charge is 0.123 e. The molecule has 0 aromatic heterocycles. The van der Waals surface area contributed by atoms with Crippen molar-refractivity contribution in [3.8, 4) is 0 Å². The van der Waals surface area contributed by atoms with Gasteiger partial charge in [0.05, 0.1) is 6.04 Å². The summed E-state index contributed by atoms with van der Waals surface area (Å²) in [7, 11) is 0. The van der Waals surface area contributed by atoms with Crippen molar-refractivity contribution in [1.29, 1.82) is 0 Å². The van der Waals surface area contributed by atoms with E-state index in [4.69, 9.17) is 4.99 Å². The van der Waals surface area contributed by atoms with Gasteiger partial charge in [0.25, 0.3) is 0 Å². The lowest BCUT2D eigenvalue weighted by Crippen LogP contribution is -2.33. The first kappa shape index (κ1) is 19.6. The molecule has 0 saturated heterocycles. The van der Waals surface area contributed by atoms with E-state index >= 15 is 0 Å². The van der Waals surface area contributed by atoms with E-state index in [2.05, 4.69) is 102 Å². The van der Waals surface area contributed by atoms with E-state index in [0.717, 1.165) is 25.9 Å². The monoisotopic (exact) mass is 452 g/mol. The number of aliphatic imine (C=N–C) groups is 1. The summed E-state index contributed by atoms with van der Waals surface area (Å²) in [5, 5.41) is 5.63. The minimum Gasteiger partial charge on any atom is -0.354 e. The number of allylic oxidation sites excluding steroid dienone is 3. The molecule has 3 aliphatic carbocycles. The lowest BCUT2D eigenvalue weighted by Gasteiger charge is -2.25. The Balaban J connectivity index is 1.18. The molecule has 4 unspecified atom stereocenters. The second-order valence-corrected chi connectivity index (χ2v) is 10.6. The minimum absolute atomic E-state index is 0.357. The Morgan fingerprint density at radius 3 is 2.51 bits per heavy atom. The largest absolute Gasteiger partial charge is 0.354 e. The van der Waals surface area contributed by atoms with Crippen molar-refractivity contribution in [3.05, 3.63) is 112 Å². The molecule has 0 radical (unpaired) electrons. The molecule has 3 aromatic carbocycles. The first-order valence-electron chi connectivity index (χ1n) is 13.0. The fourth-order valence-electron chi connectivity index (χ4n) is 7.06. The van der Waals surface area contributed by atoms with E-state index in [1.54, 1.807) is 0 Å². The highest BCUT2D eigenvalue weighted by Gasteiger charge is 2.35. The van der Waals surface area contributed by atoms with Gasteiger partial charge in [-0.15, -0.1) is 0 Å². The molecule has 4 atom stereocenters. The molecule has 2 heterocycles. The zero-order chi connectivity index (χ0) is 22.9. The minimum atomic E-state index is 0.357. The van der Waals surface area contributed by atoms with Crippen LogP contribution in [0, 0.1) is 5.92 Å². The Hall–Kier alpha value is -3.65. The molecule has 0 fully saturated rings. The van der Waals surface area contributed by atoms with Crippen molar-refractivity contribution in [3.63, 3.8) is 0 Å². The van der Waals surface area contributed by atoms with Gasteiger partial charge >= 0.3 is 0 Å². The number of amidine groups is 1. The maximum Gasteiger partial charge on any atom is 0.123 e. The average Bonchev–Trinajstić information content (AvgIpc) is 3.49. The lowest BCUT2D eigenvalue weighted by molar-refractivity contribution is 0.390. The van der Waals surface area contributed by atoms with Gasteiger partial charge in [-0.25, -0.2) is 0 Å². The third kappa shape index (κ3) is 2.92. The van der Waals surface area contributed by atoms with Crippen LogP contribution < -0.4 is 10.4 Å². The van der Waals surface area contributed by atoms with E-state index in [1.807, 2.05) is 0 Å². The number of rotatable bonds is 2. The molecule has 2 aliphatic heterocycles. The molecule has 35 heavy (non-hydrogen) atoms. The molecule has 2 nitrogen and oxygen atoms in total. The Labute approximate surface area is 206 Å². The highest BCUT2D eigenvalue weighted by atomic mass is 15.3. The molecule has 2 heteroatoms. The molecule has 170 valence electrons. The fourth-order valence-corrected chi connectivity index (χ4v) is 7.06. The third-order valence-electron chi connectivity index (χ3n) is 8.74. The lowest BCUT2D eigenvalue weighted by atomic mass is 9.83. The van der Waals surface area contributed by atoms with E-state index in [1.165, 1.54) is 49.3 Å². The van der Waals surface area contributed by atoms with Crippen LogP contribution in [-0.2, 0) is 0 Å². The zero-order valence-electron chi connectivity index (χ0n) is 19.8. The number of nitrogens with zero attached hydrogens (tertiary/aromatic N) is 2. The molecular formula is C33H28N2. The molecule has 0 amide bonds. The predicted octanol–water partition coefficient (Wildman–Crippen LogP) is 5.30. The van der Waals surface area contributed by atoms with Crippen molar-refractivity contribution in [2.45, 2.75) is 30.7 Å². The summed E-state index contributed by atoms with van der Waals surface area (Å²) in [6.45, 7) is 2.17. The summed E-state index contributed by atoms with van der Waals surface area (Å²) in [6, 6.07) is 21.0. The second-order valence-electron chi connectivity index (χ2n) is 10.6. The van der Waals surface area contributed by atoms with E-state index in [9.17, 15) is 0 Å². The molecule has 5 aliphatic rings. The van der Waals surface area contributed by atoms with Gasteiger partial charge in [0.15, 0.2) is 0 Å². The maximum atomic E-state index is 5.10. The highest BCUT2D eigenvalue weighted by Crippen LogP contribution is 2.50. The SMILES string of the molecule is C1=CC(C2CN3CCC=CC3=N2)CC(c2ccc3c4c(cccc24)C2C=c4ccccc4=CC32)=C1. The first-order chi connectivity index (χ1) is 17.3. The van der Waals surface area contributed by atoms with Gasteiger partial charge in [-0.3, -0.25) is 4.99 Å². The highest BCUT2D eigenvalue weighted by molar-refractivity contribution is 6.02. The molecule has 0 N–H and O–H groups in total. The van der Waals surface area contributed by atoms with Crippen LogP contribution in [-0.4, -0.2) is 29.9 Å². The number of benzene rings is 3. The second kappa shape index (κ2) is 7.42. The van der Waals surface area contributed by atoms with Gasteiger partial charge in [-0.2, -0.15) is 0 Å². The summed E-state index contributed by atoms with van der Waals surface area (Å²) >= 11 is 0. The Morgan fingerprint density at radius 1 is 0.857 bits per heavy atom.